The zero-order valence-electron chi connectivity index (χ0n) is 28.7. The number of likely N-dealkylation sites (N-methyl/N-ethyl adjacent to an activating group) is 1. The van der Waals surface area contributed by atoms with Crippen molar-refractivity contribution in [3.63, 3.8) is 0 Å². The molecule has 3 saturated heterocycles. The maximum atomic E-state index is 15.6. The third-order valence-electron chi connectivity index (χ3n) is 10.1. The first-order chi connectivity index (χ1) is 23.0. The van der Waals surface area contributed by atoms with E-state index in [9.17, 15) is 14.4 Å². The Morgan fingerprint density at radius 3 is 2.33 bits per heavy atom. The molecule has 2 aromatic carbocycles. The van der Waals surface area contributed by atoms with Gasteiger partial charge in [-0.25, -0.2) is 9.18 Å². The lowest BCUT2D eigenvalue weighted by Gasteiger charge is -2.38. The molecule has 11 heteroatoms. The molecule has 3 aliphatic heterocycles. The van der Waals surface area contributed by atoms with E-state index in [1.54, 1.807) is 10.6 Å². The molecule has 1 N–H and O–H groups in total. The molecule has 48 heavy (non-hydrogen) atoms. The van der Waals surface area contributed by atoms with Crippen LogP contribution in [-0.4, -0.2) is 93.7 Å². The Morgan fingerprint density at radius 2 is 1.67 bits per heavy atom. The van der Waals surface area contributed by atoms with E-state index in [2.05, 4.69) is 42.5 Å². The number of aromatic amines is 1. The molecule has 0 aliphatic carbocycles. The zero-order valence-corrected chi connectivity index (χ0v) is 29.5. The average molecular weight is 677 g/mol. The standard InChI is InChI=1S/C37H49FN6O3S/c1-5-40-20-22-42(23-21-40)33-28(12-9-13-29(33)38)35-43(19-16-37(2,3)4)34(46)31(48-35)24-32(45)41-17-14-27(15-18-41)44-25-30(39-36(44)47)26-10-7-6-8-11-26/h6-13,25,27,31,35H,5,14-24H2,1-4H3,(H,39,47). The second-order valence-corrected chi connectivity index (χ2v) is 15.8. The summed E-state index contributed by atoms with van der Waals surface area (Å²) in [5.74, 6) is -0.353. The molecular weight excluding hydrogens is 628 g/mol. The van der Waals surface area contributed by atoms with E-state index in [-0.39, 0.29) is 46.6 Å². The van der Waals surface area contributed by atoms with Gasteiger partial charge in [-0.1, -0.05) is 70.2 Å². The van der Waals surface area contributed by atoms with E-state index in [0.717, 1.165) is 56.0 Å². The van der Waals surface area contributed by atoms with E-state index in [1.165, 1.54) is 17.8 Å². The Labute approximate surface area is 287 Å². The second kappa shape index (κ2) is 14.5. The Balaban J connectivity index is 1.15. The van der Waals surface area contributed by atoms with Gasteiger partial charge in [0.25, 0.3) is 0 Å². The fraction of sp³-hybridized carbons (Fsp3) is 0.541. The number of halogens is 1. The molecule has 0 spiro atoms. The summed E-state index contributed by atoms with van der Waals surface area (Å²) in [7, 11) is 0. The molecule has 2 atom stereocenters. The number of anilines is 1. The predicted octanol–water partition coefficient (Wildman–Crippen LogP) is 5.76. The highest BCUT2D eigenvalue weighted by atomic mass is 32.2. The Kier molecular flexibility index (Phi) is 10.4. The van der Waals surface area contributed by atoms with Crippen molar-refractivity contribution in [1.29, 1.82) is 0 Å². The first-order valence-corrected chi connectivity index (χ1v) is 18.3. The summed E-state index contributed by atoms with van der Waals surface area (Å²) in [6.45, 7) is 14.4. The normalized spacial score (nSPS) is 21.4. The van der Waals surface area contributed by atoms with Crippen LogP contribution in [0.25, 0.3) is 11.3 Å². The number of hydrogen-bond acceptors (Lipinski definition) is 6. The van der Waals surface area contributed by atoms with Gasteiger partial charge in [-0.3, -0.25) is 14.2 Å². The molecule has 4 heterocycles. The van der Waals surface area contributed by atoms with E-state index in [0.29, 0.717) is 38.2 Å². The monoisotopic (exact) mass is 676 g/mol. The van der Waals surface area contributed by atoms with Crippen molar-refractivity contribution in [2.45, 2.75) is 70.0 Å². The minimum absolute atomic E-state index is 0.000565. The van der Waals surface area contributed by atoms with Crippen molar-refractivity contribution in [3.8, 4) is 11.3 Å². The van der Waals surface area contributed by atoms with Crippen LogP contribution >= 0.6 is 11.8 Å². The lowest BCUT2D eigenvalue weighted by atomic mass is 9.92. The van der Waals surface area contributed by atoms with Gasteiger partial charge in [0, 0.05) is 70.0 Å². The summed E-state index contributed by atoms with van der Waals surface area (Å²) in [5.41, 5.74) is 3.01. The number of likely N-dealkylation sites (tertiary alicyclic amines) is 1. The van der Waals surface area contributed by atoms with E-state index in [4.69, 9.17) is 0 Å². The lowest BCUT2D eigenvalue weighted by molar-refractivity contribution is -0.136. The molecule has 2 amide bonds. The number of aromatic nitrogens is 2. The summed E-state index contributed by atoms with van der Waals surface area (Å²) >= 11 is 1.49. The van der Waals surface area contributed by atoms with E-state index in [1.807, 2.05) is 52.4 Å². The number of benzene rings is 2. The summed E-state index contributed by atoms with van der Waals surface area (Å²) < 4.78 is 17.4. The van der Waals surface area contributed by atoms with Crippen molar-refractivity contribution in [2.75, 3.05) is 57.3 Å². The largest absolute Gasteiger partial charge is 0.366 e. The molecule has 2 unspecified atom stereocenters. The van der Waals surface area contributed by atoms with Gasteiger partial charge in [-0.05, 0) is 42.9 Å². The van der Waals surface area contributed by atoms with Gasteiger partial charge < -0.3 is 24.6 Å². The number of piperazine rings is 1. The number of nitrogens with one attached hydrogen (secondary N) is 1. The third-order valence-corrected chi connectivity index (χ3v) is 11.5. The molecular formula is C37H49FN6O3S. The number of H-pyrrole nitrogens is 1. The first-order valence-electron chi connectivity index (χ1n) is 17.4. The summed E-state index contributed by atoms with van der Waals surface area (Å²) in [5, 5.41) is -0.897. The van der Waals surface area contributed by atoms with Crippen LogP contribution < -0.4 is 10.6 Å². The highest BCUT2D eigenvalue weighted by Gasteiger charge is 2.44. The van der Waals surface area contributed by atoms with Crippen LogP contribution in [0.2, 0.25) is 0 Å². The molecule has 0 bridgehead atoms. The van der Waals surface area contributed by atoms with Gasteiger partial charge in [0.1, 0.15) is 11.2 Å². The third kappa shape index (κ3) is 7.52. The fourth-order valence-corrected chi connectivity index (χ4v) is 8.62. The molecule has 0 radical (unpaired) electrons. The molecule has 6 rings (SSSR count). The van der Waals surface area contributed by atoms with Gasteiger partial charge in [0.05, 0.1) is 16.6 Å². The number of para-hydroxylation sites is 1. The number of carbonyl (C=O) groups excluding carboxylic acids is 2. The van der Waals surface area contributed by atoms with Crippen LogP contribution in [0.3, 0.4) is 0 Å². The topological polar surface area (TPSA) is 84.9 Å². The van der Waals surface area contributed by atoms with Crippen LogP contribution in [0.5, 0.6) is 0 Å². The minimum atomic E-state index is -0.533. The van der Waals surface area contributed by atoms with Gasteiger partial charge >= 0.3 is 5.69 Å². The van der Waals surface area contributed by atoms with Crippen LogP contribution in [0.15, 0.2) is 59.5 Å². The number of imidazole rings is 1. The zero-order chi connectivity index (χ0) is 34.0. The molecule has 3 aromatic rings. The lowest BCUT2D eigenvalue weighted by Crippen LogP contribution is -2.47. The maximum Gasteiger partial charge on any atom is 0.326 e. The van der Waals surface area contributed by atoms with Crippen molar-refractivity contribution >= 4 is 29.3 Å². The molecule has 258 valence electrons. The average Bonchev–Trinajstić information content (AvgIpc) is 3.62. The second-order valence-electron chi connectivity index (χ2n) is 14.5. The number of thioether (sulfide) groups is 1. The Morgan fingerprint density at radius 1 is 0.958 bits per heavy atom. The number of piperidine rings is 1. The Bertz CT molecular complexity index is 1640. The van der Waals surface area contributed by atoms with Crippen molar-refractivity contribution in [1.82, 2.24) is 24.3 Å². The van der Waals surface area contributed by atoms with Gasteiger partial charge in [-0.2, -0.15) is 0 Å². The molecule has 0 saturated carbocycles. The number of hydrogen-bond donors (Lipinski definition) is 1. The minimum Gasteiger partial charge on any atom is -0.366 e. The Hall–Kier alpha value is -3.57. The number of carbonyl (C=O) groups is 2. The molecule has 3 aliphatic rings. The number of nitrogens with zero attached hydrogens (tertiary/aromatic N) is 5. The van der Waals surface area contributed by atoms with Gasteiger partial charge in [0.15, 0.2) is 0 Å². The highest BCUT2D eigenvalue weighted by molar-refractivity contribution is 8.01. The summed E-state index contributed by atoms with van der Waals surface area (Å²) in [4.78, 5) is 51.8. The quantitative estimate of drug-likeness (QED) is 0.311. The van der Waals surface area contributed by atoms with Crippen LogP contribution in [-0.2, 0) is 9.59 Å². The van der Waals surface area contributed by atoms with Crippen molar-refractivity contribution in [2.24, 2.45) is 5.41 Å². The first kappa shape index (κ1) is 34.3. The maximum absolute atomic E-state index is 15.6. The van der Waals surface area contributed by atoms with E-state index >= 15 is 4.39 Å². The SMILES string of the molecule is CCN1CCN(c2c(F)cccc2C2SC(CC(=O)N3CCC(n4cc(-c5ccccc5)[nH]c4=O)CC3)C(=O)N2CCC(C)(C)C)CC1. The fourth-order valence-electron chi connectivity index (χ4n) is 7.13. The van der Waals surface area contributed by atoms with Crippen molar-refractivity contribution in [3.05, 3.63) is 76.6 Å². The number of amides is 2. The van der Waals surface area contributed by atoms with Gasteiger partial charge in [0.2, 0.25) is 11.8 Å². The van der Waals surface area contributed by atoms with Crippen molar-refractivity contribution < 1.29 is 14.0 Å². The molecule has 1 aromatic heterocycles. The molecule has 9 nitrogen and oxygen atoms in total. The van der Waals surface area contributed by atoms with E-state index < -0.39 is 5.25 Å². The highest BCUT2D eigenvalue weighted by Crippen LogP contribution is 2.48. The number of rotatable bonds is 9. The van der Waals surface area contributed by atoms with Crippen LogP contribution in [0, 0.1) is 11.2 Å². The van der Waals surface area contributed by atoms with Crippen LogP contribution in [0.4, 0.5) is 10.1 Å². The van der Waals surface area contributed by atoms with Crippen LogP contribution in [0.1, 0.15) is 70.4 Å². The summed E-state index contributed by atoms with van der Waals surface area (Å²) in [6.07, 6.45) is 4.13. The summed E-state index contributed by atoms with van der Waals surface area (Å²) in [6, 6.07) is 15.0. The smallest absolute Gasteiger partial charge is 0.326 e. The molecule has 3 fully saturated rings. The van der Waals surface area contributed by atoms with Gasteiger partial charge in [-0.15, -0.1) is 11.8 Å². The predicted molar refractivity (Wildman–Crippen MR) is 191 cm³/mol.